The fourth-order valence-electron chi connectivity index (χ4n) is 2.64. The van der Waals surface area contributed by atoms with Gasteiger partial charge in [0, 0.05) is 58.7 Å². The molecule has 0 saturated carbocycles. The fourth-order valence-corrected chi connectivity index (χ4v) is 3.42. The number of anilines is 1. The smallest absolute Gasteiger partial charge is 0.193 e. The number of imidazole rings is 1. The van der Waals surface area contributed by atoms with E-state index in [2.05, 4.69) is 47.2 Å². The van der Waals surface area contributed by atoms with Gasteiger partial charge >= 0.3 is 0 Å². The lowest BCUT2D eigenvalue weighted by atomic mass is 10.3. The van der Waals surface area contributed by atoms with Crippen LogP contribution in [0, 0.1) is 0 Å². The summed E-state index contributed by atoms with van der Waals surface area (Å²) in [6.45, 7) is 5.85. The number of guanidine groups is 1. The van der Waals surface area contributed by atoms with Gasteiger partial charge in [0.05, 0.1) is 11.3 Å². The van der Waals surface area contributed by atoms with E-state index in [0.29, 0.717) is 0 Å². The Morgan fingerprint density at radius 2 is 2.17 bits per heavy atom. The van der Waals surface area contributed by atoms with E-state index in [0.717, 1.165) is 45.2 Å². The molecule has 0 atom stereocenters. The fraction of sp³-hybridized carbons (Fsp3) is 0.467. The highest BCUT2D eigenvalue weighted by Gasteiger charge is 2.19. The third-order valence-electron chi connectivity index (χ3n) is 3.82. The first kappa shape index (κ1) is 18.1. The van der Waals surface area contributed by atoms with Crippen molar-refractivity contribution in [2.24, 2.45) is 4.99 Å². The number of rotatable bonds is 4. The molecule has 3 heterocycles. The number of aromatic nitrogens is 2. The van der Waals surface area contributed by atoms with Crippen molar-refractivity contribution in [2.45, 2.75) is 6.54 Å². The predicted molar refractivity (Wildman–Crippen MR) is 107 cm³/mol. The highest BCUT2D eigenvalue weighted by molar-refractivity contribution is 14.0. The summed E-state index contributed by atoms with van der Waals surface area (Å²) < 4.78 is 2.06. The summed E-state index contributed by atoms with van der Waals surface area (Å²) in [6, 6.07) is 4.31. The van der Waals surface area contributed by atoms with Crippen molar-refractivity contribution >= 4 is 46.3 Å². The Labute approximate surface area is 158 Å². The average Bonchev–Trinajstić information content (AvgIpc) is 3.25. The first-order chi connectivity index (χ1) is 10.9. The van der Waals surface area contributed by atoms with Crippen molar-refractivity contribution in [1.29, 1.82) is 0 Å². The van der Waals surface area contributed by atoms with Gasteiger partial charge in [-0.05, 0) is 17.5 Å². The summed E-state index contributed by atoms with van der Waals surface area (Å²) in [7, 11) is 1.85. The van der Waals surface area contributed by atoms with Gasteiger partial charge in [-0.1, -0.05) is 0 Å². The lowest BCUT2D eigenvalue weighted by Gasteiger charge is -2.37. The Kier molecular flexibility index (Phi) is 7.15. The number of nitrogens with one attached hydrogen (secondary N) is 1. The SMILES string of the molecule is CN=C(NCCn1ccnc1)N1CCN(c2cccs2)CC1.I. The molecule has 0 aliphatic carbocycles. The highest BCUT2D eigenvalue weighted by Crippen LogP contribution is 2.22. The van der Waals surface area contributed by atoms with Crippen LogP contribution in [-0.2, 0) is 6.54 Å². The molecule has 126 valence electrons. The average molecular weight is 446 g/mol. The van der Waals surface area contributed by atoms with Gasteiger partial charge in [0.1, 0.15) is 0 Å². The first-order valence-corrected chi connectivity index (χ1v) is 8.44. The molecule has 23 heavy (non-hydrogen) atoms. The van der Waals surface area contributed by atoms with Gasteiger partial charge in [-0.25, -0.2) is 4.98 Å². The van der Waals surface area contributed by atoms with Crippen LogP contribution >= 0.6 is 35.3 Å². The van der Waals surface area contributed by atoms with Gasteiger partial charge in [0.15, 0.2) is 5.96 Å². The Morgan fingerprint density at radius 3 is 2.78 bits per heavy atom. The van der Waals surface area contributed by atoms with Gasteiger partial charge in [0.2, 0.25) is 0 Å². The molecule has 2 aromatic heterocycles. The van der Waals surface area contributed by atoms with Crippen LogP contribution in [0.15, 0.2) is 41.2 Å². The highest BCUT2D eigenvalue weighted by atomic mass is 127. The Bertz CT molecular complexity index is 575. The minimum absolute atomic E-state index is 0. The molecule has 6 nitrogen and oxygen atoms in total. The summed E-state index contributed by atoms with van der Waals surface area (Å²) in [6.07, 6.45) is 5.62. The number of halogens is 1. The molecular weight excluding hydrogens is 423 g/mol. The zero-order valence-electron chi connectivity index (χ0n) is 13.3. The Balaban J connectivity index is 0.00000192. The number of hydrogen-bond donors (Lipinski definition) is 1. The first-order valence-electron chi connectivity index (χ1n) is 7.56. The summed E-state index contributed by atoms with van der Waals surface area (Å²) in [5.41, 5.74) is 0. The summed E-state index contributed by atoms with van der Waals surface area (Å²) >= 11 is 1.81. The summed E-state index contributed by atoms with van der Waals surface area (Å²) in [5.74, 6) is 0.992. The van der Waals surface area contributed by atoms with Crippen molar-refractivity contribution < 1.29 is 0 Å². The van der Waals surface area contributed by atoms with Crippen LogP contribution in [-0.4, -0.2) is 60.2 Å². The van der Waals surface area contributed by atoms with E-state index >= 15 is 0 Å². The molecule has 0 radical (unpaired) electrons. The van der Waals surface area contributed by atoms with Gasteiger partial charge in [-0.15, -0.1) is 35.3 Å². The molecule has 1 N–H and O–H groups in total. The topological polar surface area (TPSA) is 48.7 Å². The van der Waals surface area contributed by atoms with Crippen LogP contribution in [0.25, 0.3) is 0 Å². The molecule has 1 saturated heterocycles. The van der Waals surface area contributed by atoms with Crippen LogP contribution in [0.4, 0.5) is 5.00 Å². The minimum Gasteiger partial charge on any atom is -0.360 e. The number of nitrogens with zero attached hydrogens (tertiary/aromatic N) is 5. The summed E-state index contributed by atoms with van der Waals surface area (Å²) in [5, 5.41) is 6.94. The molecule has 8 heteroatoms. The number of hydrogen-bond acceptors (Lipinski definition) is 4. The van der Waals surface area contributed by atoms with Crippen LogP contribution in [0.1, 0.15) is 0 Å². The number of piperazine rings is 1. The van der Waals surface area contributed by atoms with E-state index < -0.39 is 0 Å². The van der Waals surface area contributed by atoms with Crippen molar-refractivity contribution in [2.75, 3.05) is 44.7 Å². The Morgan fingerprint density at radius 1 is 1.35 bits per heavy atom. The maximum absolute atomic E-state index is 4.41. The van der Waals surface area contributed by atoms with E-state index in [-0.39, 0.29) is 24.0 Å². The van der Waals surface area contributed by atoms with Crippen molar-refractivity contribution in [3.8, 4) is 0 Å². The molecule has 0 bridgehead atoms. The molecule has 0 unspecified atom stereocenters. The second-order valence-electron chi connectivity index (χ2n) is 5.20. The van der Waals surface area contributed by atoms with Crippen molar-refractivity contribution in [3.05, 3.63) is 36.2 Å². The molecule has 0 aromatic carbocycles. The van der Waals surface area contributed by atoms with Crippen LogP contribution < -0.4 is 10.2 Å². The number of thiophene rings is 1. The van der Waals surface area contributed by atoms with Gasteiger partial charge in [0.25, 0.3) is 0 Å². The molecule has 0 amide bonds. The molecule has 1 fully saturated rings. The zero-order chi connectivity index (χ0) is 15.2. The van der Waals surface area contributed by atoms with E-state index in [1.165, 1.54) is 5.00 Å². The molecule has 2 aromatic rings. The second-order valence-corrected chi connectivity index (χ2v) is 6.13. The lowest BCUT2D eigenvalue weighted by Crippen LogP contribution is -2.52. The van der Waals surface area contributed by atoms with E-state index in [9.17, 15) is 0 Å². The monoisotopic (exact) mass is 446 g/mol. The molecule has 1 aliphatic heterocycles. The van der Waals surface area contributed by atoms with E-state index in [1.54, 1.807) is 6.20 Å². The number of aliphatic imine (C=N–C) groups is 1. The van der Waals surface area contributed by atoms with Crippen LogP contribution in [0.5, 0.6) is 0 Å². The van der Waals surface area contributed by atoms with Gasteiger partial charge in [-0.3, -0.25) is 4.99 Å². The van der Waals surface area contributed by atoms with Crippen molar-refractivity contribution in [3.63, 3.8) is 0 Å². The van der Waals surface area contributed by atoms with Crippen LogP contribution in [0.2, 0.25) is 0 Å². The van der Waals surface area contributed by atoms with E-state index in [4.69, 9.17) is 0 Å². The summed E-state index contributed by atoms with van der Waals surface area (Å²) in [4.78, 5) is 13.2. The van der Waals surface area contributed by atoms with Gasteiger partial charge < -0.3 is 19.7 Å². The molecule has 1 aliphatic rings. The maximum Gasteiger partial charge on any atom is 0.193 e. The Hall–Kier alpha value is -1.29. The third-order valence-corrected chi connectivity index (χ3v) is 4.75. The zero-order valence-corrected chi connectivity index (χ0v) is 16.4. The molecular formula is C15H23IN6S. The second kappa shape index (κ2) is 9.11. The molecule has 3 rings (SSSR count). The normalized spacial score (nSPS) is 15.4. The lowest BCUT2D eigenvalue weighted by molar-refractivity contribution is 0.372. The largest absolute Gasteiger partial charge is 0.360 e. The van der Waals surface area contributed by atoms with Crippen LogP contribution in [0.3, 0.4) is 0 Å². The maximum atomic E-state index is 4.41. The minimum atomic E-state index is 0. The van der Waals surface area contributed by atoms with Gasteiger partial charge in [-0.2, -0.15) is 0 Å². The standard InChI is InChI=1S/C15H22N6S.HI/c1-16-15(18-5-7-19-6-4-17-13-19)21-10-8-20(9-11-21)14-3-2-12-22-14;/h2-4,6,12-13H,5,7-11H2,1H3,(H,16,18);1H. The third kappa shape index (κ3) is 4.84. The molecule has 0 spiro atoms. The predicted octanol–water partition coefficient (Wildman–Crippen LogP) is 1.96. The van der Waals surface area contributed by atoms with Crippen molar-refractivity contribution in [1.82, 2.24) is 19.8 Å². The quantitative estimate of drug-likeness (QED) is 0.443. The van der Waals surface area contributed by atoms with E-state index in [1.807, 2.05) is 30.9 Å².